The SMILES string of the molecule is COC(=O)N1CCN(C(=O)c2cc(Cl)ncc2N)CC1. The van der Waals surface area contributed by atoms with Crippen molar-refractivity contribution in [3.63, 3.8) is 0 Å². The molecule has 1 aliphatic rings. The highest BCUT2D eigenvalue weighted by Crippen LogP contribution is 2.18. The fourth-order valence-corrected chi connectivity index (χ4v) is 2.18. The minimum absolute atomic E-state index is 0.212. The summed E-state index contributed by atoms with van der Waals surface area (Å²) in [7, 11) is 1.33. The maximum absolute atomic E-state index is 12.3. The number of halogens is 1. The van der Waals surface area contributed by atoms with Crippen molar-refractivity contribution in [1.82, 2.24) is 14.8 Å². The van der Waals surface area contributed by atoms with Crippen molar-refractivity contribution in [2.45, 2.75) is 0 Å². The Morgan fingerprint density at radius 1 is 1.30 bits per heavy atom. The average Bonchev–Trinajstić information content (AvgIpc) is 2.48. The molecule has 0 saturated carbocycles. The molecule has 7 nitrogen and oxygen atoms in total. The average molecular weight is 299 g/mol. The van der Waals surface area contributed by atoms with Gasteiger partial charge in [-0.3, -0.25) is 4.79 Å². The van der Waals surface area contributed by atoms with Gasteiger partial charge in [0.05, 0.1) is 24.6 Å². The van der Waals surface area contributed by atoms with E-state index in [0.29, 0.717) is 31.7 Å². The molecule has 0 radical (unpaired) electrons. The highest BCUT2D eigenvalue weighted by atomic mass is 35.5. The predicted octanol–water partition coefficient (Wildman–Crippen LogP) is 0.841. The molecule has 1 aliphatic heterocycles. The van der Waals surface area contributed by atoms with Gasteiger partial charge in [-0.2, -0.15) is 0 Å². The molecular formula is C12H15ClN4O3. The predicted molar refractivity (Wildman–Crippen MR) is 73.5 cm³/mol. The molecule has 1 fully saturated rings. The number of pyridine rings is 1. The Morgan fingerprint density at radius 3 is 2.50 bits per heavy atom. The maximum atomic E-state index is 12.3. The molecule has 2 amide bonds. The van der Waals surface area contributed by atoms with Gasteiger partial charge in [0, 0.05) is 26.2 Å². The summed E-state index contributed by atoms with van der Waals surface area (Å²) >= 11 is 5.78. The number of carbonyl (C=O) groups is 2. The summed E-state index contributed by atoms with van der Waals surface area (Å²) < 4.78 is 4.64. The molecular weight excluding hydrogens is 284 g/mol. The molecule has 1 aromatic rings. The van der Waals surface area contributed by atoms with Crippen molar-refractivity contribution in [3.8, 4) is 0 Å². The van der Waals surface area contributed by atoms with E-state index < -0.39 is 0 Å². The Balaban J connectivity index is 2.05. The summed E-state index contributed by atoms with van der Waals surface area (Å²) in [4.78, 5) is 30.7. The minimum atomic E-state index is -0.386. The molecule has 8 heteroatoms. The van der Waals surface area contributed by atoms with Crippen LogP contribution in [0.4, 0.5) is 10.5 Å². The molecule has 0 spiro atoms. The van der Waals surface area contributed by atoms with E-state index in [9.17, 15) is 9.59 Å². The Morgan fingerprint density at radius 2 is 1.90 bits per heavy atom. The first-order valence-corrected chi connectivity index (χ1v) is 6.44. The van der Waals surface area contributed by atoms with E-state index in [-0.39, 0.29) is 22.8 Å². The summed E-state index contributed by atoms with van der Waals surface area (Å²) in [5.41, 5.74) is 6.36. The normalized spacial score (nSPS) is 15.1. The first-order valence-electron chi connectivity index (χ1n) is 6.06. The Bertz CT molecular complexity index is 529. The Kier molecular flexibility index (Phi) is 4.29. The molecule has 1 aromatic heterocycles. The van der Waals surface area contributed by atoms with E-state index in [0.717, 1.165) is 0 Å². The van der Waals surface area contributed by atoms with Crippen molar-refractivity contribution >= 4 is 29.3 Å². The lowest BCUT2D eigenvalue weighted by atomic mass is 10.2. The molecule has 2 N–H and O–H groups in total. The fraction of sp³-hybridized carbons (Fsp3) is 0.417. The lowest BCUT2D eigenvalue weighted by molar-refractivity contribution is 0.0600. The number of rotatable bonds is 1. The van der Waals surface area contributed by atoms with Crippen LogP contribution in [-0.2, 0) is 4.74 Å². The smallest absolute Gasteiger partial charge is 0.409 e. The van der Waals surface area contributed by atoms with E-state index >= 15 is 0 Å². The second kappa shape index (κ2) is 5.96. The van der Waals surface area contributed by atoms with Crippen LogP contribution in [0.3, 0.4) is 0 Å². The number of anilines is 1. The lowest BCUT2D eigenvalue weighted by Crippen LogP contribution is -2.50. The van der Waals surface area contributed by atoms with Gasteiger partial charge in [0.15, 0.2) is 0 Å². The van der Waals surface area contributed by atoms with Crippen LogP contribution < -0.4 is 5.73 Å². The molecule has 108 valence electrons. The standard InChI is InChI=1S/C12H15ClN4O3/c1-20-12(19)17-4-2-16(3-5-17)11(18)8-6-10(13)15-7-9(8)14/h6-7H,2-5,14H2,1H3. The van der Waals surface area contributed by atoms with Gasteiger partial charge in [-0.25, -0.2) is 9.78 Å². The quantitative estimate of drug-likeness (QED) is 0.776. The number of piperazine rings is 1. The number of nitrogens with two attached hydrogens (primary N) is 1. The Hall–Kier alpha value is -2.02. The highest BCUT2D eigenvalue weighted by Gasteiger charge is 2.26. The monoisotopic (exact) mass is 298 g/mol. The lowest BCUT2D eigenvalue weighted by Gasteiger charge is -2.34. The van der Waals surface area contributed by atoms with Gasteiger partial charge in [-0.05, 0) is 6.07 Å². The highest BCUT2D eigenvalue weighted by molar-refractivity contribution is 6.29. The molecule has 0 aromatic carbocycles. The summed E-state index contributed by atoms with van der Waals surface area (Å²) in [5.74, 6) is -0.212. The van der Waals surface area contributed by atoms with Gasteiger partial charge in [0.25, 0.3) is 5.91 Å². The molecule has 1 saturated heterocycles. The number of nitrogens with zero attached hydrogens (tertiary/aromatic N) is 3. The first kappa shape index (κ1) is 14.4. The van der Waals surface area contributed by atoms with Gasteiger partial charge in [-0.15, -0.1) is 0 Å². The van der Waals surface area contributed by atoms with E-state index in [2.05, 4.69) is 9.72 Å². The van der Waals surface area contributed by atoms with Crippen LogP contribution in [0, 0.1) is 0 Å². The summed E-state index contributed by atoms with van der Waals surface area (Å²) in [5, 5.41) is 0.218. The number of aromatic nitrogens is 1. The summed E-state index contributed by atoms with van der Waals surface area (Å²) in [6, 6.07) is 1.45. The summed E-state index contributed by atoms with van der Waals surface area (Å²) in [6.45, 7) is 1.70. The minimum Gasteiger partial charge on any atom is -0.453 e. The second-order valence-corrected chi connectivity index (χ2v) is 4.73. The number of amides is 2. The molecule has 20 heavy (non-hydrogen) atoms. The van der Waals surface area contributed by atoms with Gasteiger partial charge in [0.2, 0.25) is 0 Å². The van der Waals surface area contributed by atoms with Crippen LogP contribution >= 0.6 is 11.6 Å². The number of hydrogen-bond donors (Lipinski definition) is 1. The van der Waals surface area contributed by atoms with Gasteiger partial charge in [-0.1, -0.05) is 11.6 Å². The zero-order valence-corrected chi connectivity index (χ0v) is 11.8. The number of hydrogen-bond acceptors (Lipinski definition) is 5. The number of methoxy groups -OCH3 is 1. The third-order valence-electron chi connectivity index (χ3n) is 3.13. The van der Waals surface area contributed by atoms with Crippen LogP contribution in [0.2, 0.25) is 5.15 Å². The van der Waals surface area contributed by atoms with Gasteiger partial charge < -0.3 is 20.3 Å². The Labute approximate surface area is 121 Å². The third kappa shape index (κ3) is 2.93. The van der Waals surface area contributed by atoms with Gasteiger partial charge in [0.1, 0.15) is 5.15 Å². The molecule has 2 heterocycles. The summed E-state index contributed by atoms with van der Waals surface area (Å²) in [6.07, 6.45) is 0.976. The van der Waals surface area contributed by atoms with Crippen LogP contribution in [0.5, 0.6) is 0 Å². The van der Waals surface area contributed by atoms with E-state index in [1.807, 2.05) is 0 Å². The number of nitrogen functional groups attached to an aromatic ring is 1. The zero-order chi connectivity index (χ0) is 14.7. The topological polar surface area (TPSA) is 88.8 Å². The number of carbonyl (C=O) groups excluding carboxylic acids is 2. The van der Waals surface area contributed by atoms with Crippen LogP contribution in [0.15, 0.2) is 12.3 Å². The molecule has 0 aliphatic carbocycles. The zero-order valence-electron chi connectivity index (χ0n) is 11.0. The van der Waals surface area contributed by atoms with Crippen molar-refractivity contribution in [2.75, 3.05) is 39.0 Å². The molecule has 2 rings (SSSR count). The van der Waals surface area contributed by atoms with Gasteiger partial charge >= 0.3 is 6.09 Å². The first-order chi connectivity index (χ1) is 9.52. The van der Waals surface area contributed by atoms with Crippen LogP contribution in [0.1, 0.15) is 10.4 Å². The maximum Gasteiger partial charge on any atom is 0.409 e. The van der Waals surface area contributed by atoms with Crippen molar-refractivity contribution in [2.24, 2.45) is 0 Å². The molecule has 0 atom stereocenters. The van der Waals surface area contributed by atoms with Crippen molar-refractivity contribution in [1.29, 1.82) is 0 Å². The van der Waals surface area contributed by atoms with Crippen LogP contribution in [0.25, 0.3) is 0 Å². The van der Waals surface area contributed by atoms with E-state index in [1.54, 1.807) is 9.80 Å². The van der Waals surface area contributed by atoms with Crippen molar-refractivity contribution < 1.29 is 14.3 Å². The third-order valence-corrected chi connectivity index (χ3v) is 3.34. The van der Waals surface area contributed by atoms with E-state index in [4.69, 9.17) is 17.3 Å². The number of ether oxygens (including phenoxy) is 1. The van der Waals surface area contributed by atoms with E-state index in [1.165, 1.54) is 19.4 Å². The largest absolute Gasteiger partial charge is 0.453 e. The molecule has 0 bridgehead atoms. The van der Waals surface area contributed by atoms with Crippen molar-refractivity contribution in [3.05, 3.63) is 23.0 Å². The fourth-order valence-electron chi connectivity index (χ4n) is 2.02. The second-order valence-electron chi connectivity index (χ2n) is 4.34. The van der Waals surface area contributed by atoms with Crippen LogP contribution in [-0.4, -0.2) is 60.1 Å². The molecule has 0 unspecified atom stereocenters.